The number of esters is 4. The molecule has 2 fully saturated rings. The van der Waals surface area contributed by atoms with Crippen molar-refractivity contribution in [2.75, 3.05) is 81.3 Å². The Morgan fingerprint density at radius 1 is 0.526 bits per heavy atom. The number of rotatable bonds is 9. The first-order chi connectivity index (χ1) is 27.0. The van der Waals surface area contributed by atoms with Crippen LogP contribution in [0.5, 0.6) is 0 Å². The molecule has 0 aliphatic carbocycles. The molecule has 0 unspecified atom stereocenters. The fourth-order valence-electron chi connectivity index (χ4n) is 5.12. The highest BCUT2D eigenvalue weighted by molar-refractivity contribution is 5.99. The molecular formula is C41H56O16. The Morgan fingerprint density at radius 2 is 0.789 bits per heavy atom. The lowest BCUT2D eigenvalue weighted by Gasteiger charge is -2.48. The molecule has 316 valence electrons. The molecule has 3 aromatic rings. The quantitative estimate of drug-likeness (QED) is 0.180. The lowest BCUT2D eigenvalue weighted by Crippen LogP contribution is -2.56. The van der Waals surface area contributed by atoms with E-state index >= 15 is 0 Å². The number of aliphatic hydroxyl groups excluding tert-OH is 4. The van der Waals surface area contributed by atoms with Gasteiger partial charge in [-0.05, 0) is 59.3 Å². The van der Waals surface area contributed by atoms with Crippen LogP contribution < -0.4 is 0 Å². The summed E-state index contributed by atoms with van der Waals surface area (Å²) >= 11 is 0. The Bertz CT molecular complexity index is 1590. The monoisotopic (exact) mass is 804 g/mol. The van der Waals surface area contributed by atoms with E-state index in [9.17, 15) is 29.4 Å². The zero-order valence-electron chi connectivity index (χ0n) is 33.8. The van der Waals surface area contributed by atoms with Crippen LogP contribution in [-0.2, 0) is 37.9 Å². The third-order valence-corrected chi connectivity index (χ3v) is 8.76. The second-order valence-electron chi connectivity index (χ2n) is 14.5. The maximum atomic E-state index is 11.4. The van der Waals surface area contributed by atoms with Crippen molar-refractivity contribution in [1.29, 1.82) is 0 Å². The number of methoxy groups -OCH3 is 4. The largest absolute Gasteiger partial charge is 0.465 e. The molecule has 16 nitrogen and oxygen atoms in total. The molecule has 2 aliphatic rings. The van der Waals surface area contributed by atoms with Crippen LogP contribution in [0.25, 0.3) is 10.8 Å². The van der Waals surface area contributed by atoms with Crippen LogP contribution in [0.2, 0.25) is 0 Å². The van der Waals surface area contributed by atoms with Crippen molar-refractivity contribution in [3.8, 4) is 0 Å². The number of fused-ring (bicyclic) bond motifs is 1. The van der Waals surface area contributed by atoms with Gasteiger partial charge >= 0.3 is 23.9 Å². The summed E-state index contributed by atoms with van der Waals surface area (Å²) in [6.07, 6.45) is -0.834. The molecule has 0 amide bonds. The summed E-state index contributed by atoms with van der Waals surface area (Å²) in [5, 5.41) is 35.7. The first-order valence-corrected chi connectivity index (χ1v) is 17.9. The predicted molar refractivity (Wildman–Crippen MR) is 205 cm³/mol. The van der Waals surface area contributed by atoms with Gasteiger partial charge in [-0.25, -0.2) is 19.2 Å². The predicted octanol–water partition coefficient (Wildman–Crippen LogP) is 3.40. The van der Waals surface area contributed by atoms with Gasteiger partial charge in [0.25, 0.3) is 0 Å². The molecule has 0 atom stereocenters. The van der Waals surface area contributed by atoms with Gasteiger partial charge in [0, 0.05) is 10.8 Å². The summed E-state index contributed by atoms with van der Waals surface area (Å²) in [7, 11) is 5.28. The summed E-state index contributed by atoms with van der Waals surface area (Å²) in [4.78, 5) is 44.8. The Kier molecular flexibility index (Phi) is 19.6. The zero-order chi connectivity index (χ0) is 42.8. The van der Waals surface area contributed by atoms with E-state index in [4.69, 9.17) is 29.2 Å². The van der Waals surface area contributed by atoms with Gasteiger partial charge in [-0.15, -0.1) is 0 Å². The summed E-state index contributed by atoms with van der Waals surface area (Å²) in [5.41, 5.74) is 0.607. The second-order valence-corrected chi connectivity index (χ2v) is 14.5. The average molecular weight is 805 g/mol. The van der Waals surface area contributed by atoms with Gasteiger partial charge in [-0.3, -0.25) is 0 Å². The fourth-order valence-corrected chi connectivity index (χ4v) is 5.12. The molecule has 0 radical (unpaired) electrons. The second kappa shape index (κ2) is 23.0. The van der Waals surface area contributed by atoms with Crippen molar-refractivity contribution in [2.45, 2.75) is 40.3 Å². The van der Waals surface area contributed by atoms with Crippen molar-refractivity contribution in [1.82, 2.24) is 0 Å². The highest BCUT2D eigenvalue weighted by Crippen LogP contribution is 2.38. The Balaban J connectivity index is 0.000000286. The number of benzene rings is 3. The normalized spacial score (nSPS) is 18.9. The van der Waals surface area contributed by atoms with Gasteiger partial charge in [0.15, 0.2) is 12.6 Å². The van der Waals surface area contributed by atoms with Crippen LogP contribution in [-0.4, -0.2) is 138 Å². The highest BCUT2D eigenvalue weighted by atomic mass is 16.7. The number of carbonyl (C=O) groups excluding carboxylic acids is 4. The molecule has 5 rings (SSSR count). The molecule has 2 saturated heterocycles. The van der Waals surface area contributed by atoms with E-state index < -0.39 is 35.3 Å². The van der Waals surface area contributed by atoms with Crippen LogP contribution in [0.15, 0.2) is 60.7 Å². The van der Waals surface area contributed by atoms with E-state index in [0.29, 0.717) is 48.7 Å². The smallest absolute Gasteiger partial charge is 0.337 e. The molecule has 2 heterocycles. The molecule has 2 aliphatic heterocycles. The van der Waals surface area contributed by atoms with Crippen molar-refractivity contribution >= 4 is 34.6 Å². The van der Waals surface area contributed by atoms with Crippen LogP contribution in [0.4, 0.5) is 0 Å². The Labute approximate surface area is 332 Å². The number of aliphatic hydroxyl groups is 4. The molecule has 16 heteroatoms. The van der Waals surface area contributed by atoms with Crippen molar-refractivity contribution in [3.05, 3.63) is 82.9 Å². The number of ether oxygens (including phenoxy) is 8. The summed E-state index contributed by atoms with van der Waals surface area (Å²) in [5.74, 6) is -1.62. The molecule has 0 aromatic heterocycles. The molecule has 57 heavy (non-hydrogen) atoms. The third-order valence-electron chi connectivity index (χ3n) is 8.76. The lowest BCUT2D eigenvalue weighted by atomic mass is 9.86. The average Bonchev–Trinajstić information content (AvgIpc) is 3.25. The number of hydrogen-bond donors (Lipinski definition) is 4. The van der Waals surface area contributed by atoms with Gasteiger partial charge in [-0.2, -0.15) is 0 Å². The van der Waals surface area contributed by atoms with Crippen molar-refractivity contribution < 1.29 is 77.5 Å². The molecule has 0 saturated carbocycles. The van der Waals surface area contributed by atoms with Crippen LogP contribution >= 0.6 is 0 Å². The first kappa shape index (κ1) is 48.6. The first-order valence-electron chi connectivity index (χ1n) is 17.9. The minimum Gasteiger partial charge on any atom is -0.465 e. The minimum absolute atomic E-state index is 0.00440. The molecule has 3 aromatic carbocycles. The third kappa shape index (κ3) is 14.1. The van der Waals surface area contributed by atoms with E-state index in [-0.39, 0.29) is 43.8 Å². The van der Waals surface area contributed by atoms with E-state index in [1.54, 1.807) is 36.4 Å². The highest BCUT2D eigenvalue weighted by Gasteiger charge is 2.47. The van der Waals surface area contributed by atoms with Gasteiger partial charge in [0.2, 0.25) is 0 Å². The SMILES string of the molecule is CC(C)(CO)C1OCC2(CO1)COC(C(C)(C)CO)OC2.COC(=O)c1ccc(C(=O)OC)cc1.COC(=O)c1ccc2cc(C(=O)OC)ccc2c1.OCCO. The van der Waals surface area contributed by atoms with Gasteiger partial charge < -0.3 is 58.3 Å². The van der Waals surface area contributed by atoms with Gasteiger partial charge in [0.1, 0.15) is 0 Å². The summed E-state index contributed by atoms with van der Waals surface area (Å²) in [6.45, 7) is 9.30. The maximum Gasteiger partial charge on any atom is 0.337 e. The van der Waals surface area contributed by atoms with Crippen molar-refractivity contribution in [3.63, 3.8) is 0 Å². The topological polar surface area (TPSA) is 223 Å². The molecule has 0 bridgehead atoms. The lowest BCUT2D eigenvalue weighted by molar-refractivity contribution is -0.337. The fraction of sp³-hybridized carbons (Fsp3) is 0.512. The Morgan fingerprint density at radius 3 is 1.04 bits per heavy atom. The van der Waals surface area contributed by atoms with Crippen molar-refractivity contribution in [2.24, 2.45) is 16.2 Å². The Hall–Kier alpha value is -4.52. The van der Waals surface area contributed by atoms with Crippen LogP contribution in [0, 0.1) is 16.2 Å². The maximum absolute atomic E-state index is 11.4. The molecule has 4 N–H and O–H groups in total. The molecular weight excluding hydrogens is 748 g/mol. The van der Waals surface area contributed by atoms with Crippen LogP contribution in [0.3, 0.4) is 0 Å². The summed E-state index contributed by atoms with van der Waals surface area (Å²) < 4.78 is 41.4. The number of carbonyl (C=O) groups is 4. The minimum atomic E-state index is -0.431. The summed E-state index contributed by atoms with van der Waals surface area (Å²) in [6, 6.07) is 16.4. The van der Waals surface area contributed by atoms with Crippen LogP contribution in [0.1, 0.15) is 69.1 Å². The van der Waals surface area contributed by atoms with E-state index in [2.05, 4.69) is 18.9 Å². The number of hydrogen-bond acceptors (Lipinski definition) is 16. The van der Waals surface area contributed by atoms with Gasteiger partial charge in [0.05, 0.1) is 109 Å². The molecule has 1 spiro atoms. The standard InChI is InChI=1S/C15H28O6.C14H12O4.C10H10O4.C2H6O2/c1-13(2,5-16)11-18-7-15(8-19-11)9-20-12(21-10-15)14(3,4)6-17;1-17-13(15)11-5-3-10-8-12(14(16)18-2)6-4-9(10)7-11;1-13-9(11)7-3-5-8(6-4-7)10(12)14-2;3-1-2-4/h11-12,16-17H,5-10H2,1-4H3;3-8H,1-2H3;3-6H,1-2H3;3-4H,1-2H2. The zero-order valence-corrected chi connectivity index (χ0v) is 33.8. The van der Waals surface area contributed by atoms with E-state index in [1.165, 1.54) is 52.7 Å². The van der Waals surface area contributed by atoms with Gasteiger partial charge in [-0.1, -0.05) is 39.8 Å². The van der Waals surface area contributed by atoms with E-state index in [0.717, 1.165) is 10.8 Å². The van der Waals surface area contributed by atoms with E-state index in [1.807, 2.05) is 27.7 Å².